The summed E-state index contributed by atoms with van der Waals surface area (Å²) >= 11 is 9.40. The highest BCUT2D eigenvalue weighted by molar-refractivity contribution is 9.10. The van der Waals surface area contributed by atoms with Crippen LogP contribution in [0.15, 0.2) is 46.9 Å². The first-order valence-electron chi connectivity index (χ1n) is 5.88. The lowest BCUT2D eigenvalue weighted by Crippen LogP contribution is -2.18. The van der Waals surface area contributed by atoms with Gasteiger partial charge >= 0.3 is 5.69 Å². The highest BCUT2D eigenvalue weighted by atomic mass is 79.9. The summed E-state index contributed by atoms with van der Waals surface area (Å²) in [5.41, 5.74) is 1.48. The Morgan fingerprint density at radius 1 is 1.25 bits per heavy atom. The average Bonchev–Trinajstić information content (AvgIpc) is 2.40. The van der Waals surface area contributed by atoms with Gasteiger partial charge in [0, 0.05) is 18.1 Å². The number of rotatable bonds is 4. The molecular formula is C14H12BrClN2O2. The number of halogens is 2. The Balaban J connectivity index is 2.35. The molecule has 0 bridgehead atoms. The van der Waals surface area contributed by atoms with E-state index in [1.807, 2.05) is 29.2 Å². The van der Waals surface area contributed by atoms with E-state index in [9.17, 15) is 10.1 Å². The zero-order valence-corrected chi connectivity index (χ0v) is 13.1. The summed E-state index contributed by atoms with van der Waals surface area (Å²) in [6, 6.07) is 12.7. The average molecular weight is 356 g/mol. The lowest BCUT2D eigenvalue weighted by molar-refractivity contribution is -0.384. The maximum absolute atomic E-state index is 11.2. The first-order chi connectivity index (χ1) is 9.50. The Labute approximate surface area is 130 Å². The fourth-order valence-electron chi connectivity index (χ4n) is 1.96. The number of nitro groups is 1. The van der Waals surface area contributed by atoms with Gasteiger partial charge in [-0.25, -0.2) is 0 Å². The molecule has 0 saturated carbocycles. The smallest absolute Gasteiger partial charge is 0.310 e. The van der Waals surface area contributed by atoms with E-state index in [1.165, 1.54) is 6.07 Å². The maximum atomic E-state index is 11.2. The molecule has 0 unspecified atom stereocenters. The molecule has 0 N–H and O–H groups in total. The van der Waals surface area contributed by atoms with Gasteiger partial charge in [-0.1, -0.05) is 51.8 Å². The molecule has 0 heterocycles. The highest BCUT2D eigenvalue weighted by Gasteiger charge is 2.21. The Bertz CT molecular complexity index is 649. The minimum Gasteiger partial charge on any atom is -0.365 e. The SMILES string of the molecule is CN(Cc1ccccc1Br)c1cccc(Cl)c1[N+](=O)[O-]. The van der Waals surface area contributed by atoms with Crippen molar-refractivity contribution in [2.24, 2.45) is 0 Å². The second kappa shape index (κ2) is 6.24. The summed E-state index contributed by atoms with van der Waals surface area (Å²) in [7, 11) is 1.80. The Kier molecular flexibility index (Phi) is 4.62. The zero-order valence-electron chi connectivity index (χ0n) is 10.7. The van der Waals surface area contributed by atoms with Crippen molar-refractivity contribution in [2.45, 2.75) is 6.54 Å². The minimum atomic E-state index is -0.450. The number of nitro benzene ring substituents is 1. The highest BCUT2D eigenvalue weighted by Crippen LogP contribution is 2.35. The van der Waals surface area contributed by atoms with Gasteiger partial charge in [-0.3, -0.25) is 10.1 Å². The Hall–Kier alpha value is -1.59. The molecule has 2 aromatic rings. The molecule has 104 valence electrons. The third-order valence-electron chi connectivity index (χ3n) is 2.92. The fourth-order valence-corrected chi connectivity index (χ4v) is 2.61. The summed E-state index contributed by atoms with van der Waals surface area (Å²) in [6.07, 6.45) is 0. The molecule has 0 spiro atoms. The van der Waals surface area contributed by atoms with Crippen molar-refractivity contribution < 1.29 is 4.92 Å². The van der Waals surface area contributed by atoms with Gasteiger partial charge in [0.25, 0.3) is 0 Å². The first kappa shape index (κ1) is 14.8. The van der Waals surface area contributed by atoms with Crippen molar-refractivity contribution in [3.8, 4) is 0 Å². The van der Waals surface area contributed by atoms with Crippen LogP contribution in [0.1, 0.15) is 5.56 Å². The van der Waals surface area contributed by atoms with E-state index in [-0.39, 0.29) is 10.7 Å². The number of benzene rings is 2. The van der Waals surface area contributed by atoms with Gasteiger partial charge in [0.1, 0.15) is 10.7 Å². The molecule has 20 heavy (non-hydrogen) atoms. The molecule has 2 aromatic carbocycles. The van der Waals surface area contributed by atoms with Crippen LogP contribution < -0.4 is 4.90 Å². The molecule has 0 aliphatic heterocycles. The van der Waals surface area contributed by atoms with Gasteiger partial charge < -0.3 is 4.90 Å². The summed E-state index contributed by atoms with van der Waals surface area (Å²) < 4.78 is 0.969. The topological polar surface area (TPSA) is 46.4 Å². The molecule has 2 rings (SSSR count). The van der Waals surface area contributed by atoms with Gasteiger partial charge in [-0.05, 0) is 23.8 Å². The summed E-state index contributed by atoms with van der Waals surface area (Å²) in [5, 5.41) is 11.3. The van der Waals surface area contributed by atoms with Crippen molar-refractivity contribution in [3.05, 3.63) is 67.6 Å². The lowest BCUT2D eigenvalue weighted by Gasteiger charge is -2.20. The summed E-state index contributed by atoms with van der Waals surface area (Å²) in [6.45, 7) is 0.544. The number of nitrogens with zero attached hydrogens (tertiary/aromatic N) is 2. The van der Waals surface area contributed by atoms with Crippen LogP contribution in [0, 0.1) is 10.1 Å². The molecule has 0 atom stereocenters. The van der Waals surface area contributed by atoms with E-state index in [1.54, 1.807) is 19.2 Å². The predicted molar refractivity (Wildman–Crippen MR) is 84.4 cm³/mol. The van der Waals surface area contributed by atoms with Crippen LogP contribution in [-0.2, 0) is 6.54 Å². The predicted octanol–water partition coefficient (Wildman–Crippen LogP) is 4.65. The van der Waals surface area contributed by atoms with Crippen LogP contribution >= 0.6 is 27.5 Å². The maximum Gasteiger partial charge on any atom is 0.310 e. The number of para-hydroxylation sites is 1. The fraction of sp³-hybridized carbons (Fsp3) is 0.143. The van der Waals surface area contributed by atoms with Gasteiger partial charge in [0.05, 0.1) is 4.92 Å². The number of hydrogen-bond acceptors (Lipinski definition) is 3. The quantitative estimate of drug-likeness (QED) is 0.592. The van der Waals surface area contributed by atoms with Gasteiger partial charge in [-0.2, -0.15) is 0 Å². The molecule has 0 radical (unpaired) electrons. The van der Waals surface area contributed by atoms with Gasteiger partial charge in [0.15, 0.2) is 0 Å². The normalized spacial score (nSPS) is 10.3. The number of hydrogen-bond donors (Lipinski definition) is 0. The summed E-state index contributed by atoms with van der Waals surface area (Å²) in [5.74, 6) is 0. The Morgan fingerprint density at radius 2 is 1.95 bits per heavy atom. The number of anilines is 1. The van der Waals surface area contributed by atoms with Crippen LogP contribution in [0.5, 0.6) is 0 Å². The third kappa shape index (κ3) is 3.11. The van der Waals surface area contributed by atoms with Crippen LogP contribution in [0.3, 0.4) is 0 Å². The van der Waals surface area contributed by atoms with E-state index in [4.69, 9.17) is 11.6 Å². The Morgan fingerprint density at radius 3 is 2.60 bits per heavy atom. The third-order valence-corrected chi connectivity index (χ3v) is 4.00. The van der Waals surface area contributed by atoms with Crippen molar-refractivity contribution in [1.82, 2.24) is 0 Å². The van der Waals surface area contributed by atoms with Crippen molar-refractivity contribution >= 4 is 38.9 Å². The molecule has 0 fully saturated rings. The van der Waals surface area contributed by atoms with Crippen molar-refractivity contribution in [3.63, 3.8) is 0 Å². The van der Waals surface area contributed by atoms with Crippen LogP contribution in [-0.4, -0.2) is 12.0 Å². The molecule has 0 aliphatic carbocycles. The van der Waals surface area contributed by atoms with E-state index < -0.39 is 4.92 Å². The molecule has 4 nitrogen and oxygen atoms in total. The largest absolute Gasteiger partial charge is 0.365 e. The van der Waals surface area contributed by atoms with E-state index in [2.05, 4.69) is 15.9 Å². The standard InChI is InChI=1S/C14H12BrClN2O2/c1-17(9-10-5-2-3-6-11(10)15)13-8-4-7-12(16)14(13)18(19)20/h2-8H,9H2,1H3. The molecule has 0 aliphatic rings. The van der Waals surface area contributed by atoms with Crippen molar-refractivity contribution in [1.29, 1.82) is 0 Å². The minimum absolute atomic E-state index is 0.0660. The second-order valence-corrected chi connectivity index (χ2v) is 5.57. The second-order valence-electron chi connectivity index (χ2n) is 4.31. The van der Waals surface area contributed by atoms with Gasteiger partial charge in [0.2, 0.25) is 0 Å². The molecule has 0 amide bonds. The monoisotopic (exact) mass is 354 g/mol. The van der Waals surface area contributed by atoms with Gasteiger partial charge in [-0.15, -0.1) is 0 Å². The van der Waals surface area contributed by atoms with Crippen LogP contribution in [0.2, 0.25) is 5.02 Å². The first-order valence-corrected chi connectivity index (χ1v) is 7.05. The van der Waals surface area contributed by atoms with E-state index >= 15 is 0 Å². The molecular weight excluding hydrogens is 344 g/mol. The summed E-state index contributed by atoms with van der Waals surface area (Å²) in [4.78, 5) is 12.5. The molecule has 6 heteroatoms. The molecule has 0 saturated heterocycles. The lowest BCUT2D eigenvalue weighted by atomic mass is 10.2. The molecule has 0 aromatic heterocycles. The zero-order chi connectivity index (χ0) is 14.7. The van der Waals surface area contributed by atoms with Crippen LogP contribution in [0.4, 0.5) is 11.4 Å². The van der Waals surface area contributed by atoms with E-state index in [0.717, 1.165) is 10.0 Å². The van der Waals surface area contributed by atoms with Crippen molar-refractivity contribution in [2.75, 3.05) is 11.9 Å². The van der Waals surface area contributed by atoms with Crippen LogP contribution in [0.25, 0.3) is 0 Å². The van der Waals surface area contributed by atoms with E-state index in [0.29, 0.717) is 12.2 Å².